The molecule has 1 aromatic heterocycles. The van der Waals surface area contributed by atoms with Crippen molar-refractivity contribution in [2.45, 2.75) is 10.6 Å². The van der Waals surface area contributed by atoms with Gasteiger partial charge in [0, 0.05) is 17.6 Å². The minimum absolute atomic E-state index is 0.328. The van der Waals surface area contributed by atoms with Gasteiger partial charge >= 0.3 is 0 Å². The van der Waals surface area contributed by atoms with Gasteiger partial charge < -0.3 is 10.3 Å². The molecule has 0 spiro atoms. The van der Waals surface area contributed by atoms with E-state index in [9.17, 15) is 4.39 Å². The number of benzene rings is 1. The van der Waals surface area contributed by atoms with Crippen molar-refractivity contribution in [1.82, 2.24) is 9.55 Å². The third-order valence-electron chi connectivity index (χ3n) is 2.29. The minimum atomic E-state index is -0.328. The molecule has 2 rings (SSSR count). The van der Waals surface area contributed by atoms with Crippen LogP contribution in [-0.2, 0) is 12.8 Å². The first-order valence-electron chi connectivity index (χ1n) is 4.91. The number of thioether (sulfide) groups is 1. The number of hydrogen-bond donors (Lipinski definition) is 1. The lowest BCUT2D eigenvalue weighted by molar-refractivity contribution is 0.625. The molecule has 17 heavy (non-hydrogen) atoms. The van der Waals surface area contributed by atoms with E-state index in [0.29, 0.717) is 16.6 Å². The molecule has 0 radical (unpaired) electrons. The summed E-state index contributed by atoms with van der Waals surface area (Å²) in [4.78, 5) is 4.94. The van der Waals surface area contributed by atoms with Gasteiger partial charge in [-0.15, -0.1) is 11.8 Å². The van der Waals surface area contributed by atoms with Crippen molar-refractivity contribution in [3.8, 4) is 0 Å². The molecule has 0 aliphatic rings. The summed E-state index contributed by atoms with van der Waals surface area (Å²) in [6, 6.07) is 4.48. The standard InChI is InChI=1S/C11H11ClFN3S/c1-16-10(12)5-15-11(16)6-17-9-3-7(13)2-8(14)4-9/h2-5H,6,14H2,1H3. The highest BCUT2D eigenvalue weighted by molar-refractivity contribution is 7.98. The molecule has 2 aromatic rings. The molecule has 1 heterocycles. The SMILES string of the molecule is Cn1c(Cl)cnc1CSc1cc(N)cc(F)c1. The Kier molecular flexibility index (Phi) is 3.59. The summed E-state index contributed by atoms with van der Waals surface area (Å²) in [7, 11) is 1.84. The summed E-state index contributed by atoms with van der Waals surface area (Å²) >= 11 is 7.34. The zero-order valence-electron chi connectivity index (χ0n) is 9.15. The van der Waals surface area contributed by atoms with E-state index in [1.54, 1.807) is 16.8 Å². The Morgan fingerprint density at radius 2 is 2.24 bits per heavy atom. The van der Waals surface area contributed by atoms with Crippen molar-refractivity contribution in [3.05, 3.63) is 41.2 Å². The van der Waals surface area contributed by atoms with E-state index in [2.05, 4.69) is 4.98 Å². The zero-order chi connectivity index (χ0) is 12.4. The highest BCUT2D eigenvalue weighted by Gasteiger charge is 2.06. The van der Waals surface area contributed by atoms with Crippen molar-refractivity contribution in [3.63, 3.8) is 0 Å². The van der Waals surface area contributed by atoms with Gasteiger partial charge in [-0.25, -0.2) is 9.37 Å². The first-order valence-corrected chi connectivity index (χ1v) is 6.27. The number of nitrogens with two attached hydrogens (primary N) is 1. The second-order valence-corrected chi connectivity index (χ2v) is 5.00. The lowest BCUT2D eigenvalue weighted by Crippen LogP contribution is -1.96. The van der Waals surface area contributed by atoms with Crippen molar-refractivity contribution < 1.29 is 4.39 Å². The molecule has 3 nitrogen and oxygen atoms in total. The predicted molar refractivity (Wildman–Crippen MR) is 68.6 cm³/mol. The number of aromatic nitrogens is 2. The fraction of sp³-hybridized carbons (Fsp3) is 0.182. The zero-order valence-corrected chi connectivity index (χ0v) is 10.7. The van der Waals surface area contributed by atoms with Crippen LogP contribution < -0.4 is 5.73 Å². The van der Waals surface area contributed by atoms with Gasteiger partial charge in [-0.1, -0.05) is 11.6 Å². The lowest BCUT2D eigenvalue weighted by atomic mass is 10.3. The minimum Gasteiger partial charge on any atom is -0.399 e. The summed E-state index contributed by atoms with van der Waals surface area (Å²) in [5.41, 5.74) is 5.99. The molecule has 0 unspecified atom stereocenters. The Balaban J connectivity index is 2.09. The van der Waals surface area contributed by atoms with Crippen LogP contribution in [0.15, 0.2) is 29.3 Å². The Hall–Kier alpha value is -1.20. The molecular weight excluding hydrogens is 261 g/mol. The van der Waals surface area contributed by atoms with E-state index in [0.717, 1.165) is 10.7 Å². The fourth-order valence-electron chi connectivity index (χ4n) is 1.37. The number of nitrogen functional groups attached to an aromatic ring is 1. The third-order valence-corrected chi connectivity index (χ3v) is 3.61. The third kappa shape index (κ3) is 2.92. The van der Waals surface area contributed by atoms with Crippen LogP contribution in [0.1, 0.15) is 5.82 Å². The van der Waals surface area contributed by atoms with E-state index in [1.807, 2.05) is 7.05 Å². The molecule has 2 N–H and O–H groups in total. The molecular formula is C11H11ClFN3S. The van der Waals surface area contributed by atoms with Crippen molar-refractivity contribution >= 4 is 29.1 Å². The van der Waals surface area contributed by atoms with E-state index < -0.39 is 0 Å². The van der Waals surface area contributed by atoms with Crippen LogP contribution in [0.2, 0.25) is 5.15 Å². The topological polar surface area (TPSA) is 43.8 Å². The molecule has 0 amide bonds. The highest BCUT2D eigenvalue weighted by Crippen LogP contribution is 2.25. The second kappa shape index (κ2) is 4.98. The molecule has 0 fully saturated rings. The fourth-order valence-corrected chi connectivity index (χ4v) is 2.50. The number of halogens is 2. The Morgan fingerprint density at radius 1 is 1.47 bits per heavy atom. The summed E-state index contributed by atoms with van der Waals surface area (Å²) in [5.74, 6) is 1.12. The molecule has 0 aliphatic heterocycles. The molecule has 0 saturated carbocycles. The van der Waals surface area contributed by atoms with Crippen molar-refractivity contribution in [2.24, 2.45) is 7.05 Å². The van der Waals surface area contributed by atoms with Crippen LogP contribution in [-0.4, -0.2) is 9.55 Å². The van der Waals surface area contributed by atoms with E-state index in [-0.39, 0.29) is 5.82 Å². The molecule has 0 saturated heterocycles. The maximum absolute atomic E-state index is 13.1. The molecule has 0 bridgehead atoms. The number of rotatable bonds is 3. The number of anilines is 1. The largest absolute Gasteiger partial charge is 0.399 e. The van der Waals surface area contributed by atoms with E-state index in [1.165, 1.54) is 23.9 Å². The van der Waals surface area contributed by atoms with Gasteiger partial charge in [-0.05, 0) is 18.2 Å². The average Bonchev–Trinajstić information content (AvgIpc) is 2.56. The summed E-state index contributed by atoms with van der Waals surface area (Å²) in [6.07, 6.45) is 1.59. The number of imidazole rings is 1. The van der Waals surface area contributed by atoms with Gasteiger partial charge in [0.25, 0.3) is 0 Å². The first kappa shape index (κ1) is 12.3. The maximum Gasteiger partial charge on any atom is 0.128 e. The van der Waals surface area contributed by atoms with Crippen molar-refractivity contribution in [1.29, 1.82) is 0 Å². The highest BCUT2D eigenvalue weighted by atomic mass is 35.5. The molecule has 0 atom stereocenters. The smallest absolute Gasteiger partial charge is 0.128 e. The maximum atomic E-state index is 13.1. The quantitative estimate of drug-likeness (QED) is 0.689. The van der Waals surface area contributed by atoms with Crippen LogP contribution in [0.4, 0.5) is 10.1 Å². The Labute approximate surface area is 108 Å². The van der Waals surface area contributed by atoms with Gasteiger partial charge in [0.05, 0.1) is 11.9 Å². The average molecular weight is 272 g/mol. The molecule has 0 aliphatic carbocycles. The summed E-state index contributed by atoms with van der Waals surface area (Å²) in [5, 5.41) is 0.583. The van der Waals surface area contributed by atoms with Gasteiger partial charge in [-0.3, -0.25) is 0 Å². The van der Waals surface area contributed by atoms with Gasteiger partial charge in [0.2, 0.25) is 0 Å². The van der Waals surface area contributed by atoms with Crippen LogP contribution in [0.25, 0.3) is 0 Å². The number of hydrogen-bond acceptors (Lipinski definition) is 3. The normalized spacial score (nSPS) is 10.8. The Morgan fingerprint density at radius 3 is 2.82 bits per heavy atom. The monoisotopic (exact) mass is 271 g/mol. The Bertz CT molecular complexity index is 521. The second-order valence-electron chi connectivity index (χ2n) is 3.57. The van der Waals surface area contributed by atoms with Crippen LogP contribution in [0, 0.1) is 5.82 Å². The van der Waals surface area contributed by atoms with Crippen LogP contribution in [0.5, 0.6) is 0 Å². The van der Waals surface area contributed by atoms with Crippen LogP contribution in [0.3, 0.4) is 0 Å². The van der Waals surface area contributed by atoms with Gasteiger partial charge in [-0.2, -0.15) is 0 Å². The predicted octanol–water partition coefficient (Wildman–Crippen LogP) is 3.09. The summed E-state index contributed by atoms with van der Waals surface area (Å²) < 4.78 is 14.9. The van der Waals surface area contributed by atoms with E-state index >= 15 is 0 Å². The van der Waals surface area contributed by atoms with Crippen LogP contribution >= 0.6 is 23.4 Å². The van der Waals surface area contributed by atoms with E-state index in [4.69, 9.17) is 17.3 Å². The summed E-state index contributed by atoms with van der Waals surface area (Å²) in [6.45, 7) is 0. The molecule has 1 aromatic carbocycles. The van der Waals surface area contributed by atoms with Gasteiger partial charge in [0.15, 0.2) is 0 Å². The molecule has 90 valence electrons. The number of nitrogens with zero attached hydrogens (tertiary/aromatic N) is 2. The van der Waals surface area contributed by atoms with Gasteiger partial charge in [0.1, 0.15) is 16.8 Å². The van der Waals surface area contributed by atoms with Crippen molar-refractivity contribution in [2.75, 3.05) is 5.73 Å². The first-order chi connectivity index (χ1) is 8.06. The lowest BCUT2D eigenvalue weighted by Gasteiger charge is -2.04. The molecule has 6 heteroatoms.